The molecule has 0 bridgehead atoms. The Morgan fingerprint density at radius 1 is 1.17 bits per heavy atom. The van der Waals surface area contributed by atoms with Gasteiger partial charge < -0.3 is 9.64 Å². The molecule has 2 aromatic rings. The minimum atomic E-state index is -0.871. The molecule has 124 valence electrons. The van der Waals surface area contributed by atoms with Gasteiger partial charge in [-0.05, 0) is 37.6 Å². The Kier molecular flexibility index (Phi) is 4.14. The number of rotatable bonds is 5. The fraction of sp³-hybridized carbons (Fsp3) is 0.300. The van der Waals surface area contributed by atoms with Crippen molar-refractivity contribution in [2.75, 3.05) is 18.6 Å². The largest absolute Gasteiger partial charge is 0.494 e. The van der Waals surface area contributed by atoms with Crippen LogP contribution in [-0.2, 0) is 10.2 Å². The quantitative estimate of drug-likeness (QED) is 0.790. The first-order valence-corrected chi connectivity index (χ1v) is 8.11. The van der Waals surface area contributed by atoms with E-state index in [0.29, 0.717) is 12.2 Å². The Labute approximate surface area is 142 Å². The number of nitrogens with zero attached hydrogens (tertiary/aromatic N) is 1. The molecule has 1 aliphatic heterocycles. The summed E-state index contributed by atoms with van der Waals surface area (Å²) in [5, 5.41) is 0. The normalized spacial score (nSPS) is 19.3. The number of ketones is 1. The molecule has 0 saturated heterocycles. The predicted octanol–water partition coefficient (Wildman–Crippen LogP) is 3.59. The van der Waals surface area contributed by atoms with Crippen LogP contribution in [-0.4, -0.2) is 25.3 Å². The number of anilines is 1. The molecule has 4 nitrogen and oxygen atoms in total. The van der Waals surface area contributed by atoms with Crippen LogP contribution in [0, 0.1) is 0 Å². The Morgan fingerprint density at radius 2 is 1.88 bits per heavy atom. The summed E-state index contributed by atoms with van der Waals surface area (Å²) in [6.07, 6.45) is 0.142. The number of amides is 1. The second-order valence-electron chi connectivity index (χ2n) is 6.27. The zero-order valence-corrected chi connectivity index (χ0v) is 14.2. The molecule has 0 aliphatic carbocycles. The van der Waals surface area contributed by atoms with E-state index in [4.69, 9.17) is 4.74 Å². The van der Waals surface area contributed by atoms with Crippen LogP contribution in [0.4, 0.5) is 5.69 Å². The Balaban J connectivity index is 1.99. The van der Waals surface area contributed by atoms with Gasteiger partial charge in [0.25, 0.3) is 0 Å². The second-order valence-corrected chi connectivity index (χ2v) is 6.27. The number of ether oxygens (including phenoxy) is 1. The Morgan fingerprint density at radius 3 is 2.54 bits per heavy atom. The molecule has 1 amide bonds. The smallest absolute Gasteiger partial charge is 0.237 e. The number of hydrogen-bond acceptors (Lipinski definition) is 3. The number of fused-ring (bicyclic) bond motifs is 1. The average molecular weight is 323 g/mol. The zero-order valence-electron chi connectivity index (χ0n) is 14.2. The van der Waals surface area contributed by atoms with E-state index in [1.807, 2.05) is 50.2 Å². The minimum absolute atomic E-state index is 0.0329. The van der Waals surface area contributed by atoms with Gasteiger partial charge in [-0.3, -0.25) is 9.59 Å². The van der Waals surface area contributed by atoms with Crippen LogP contribution < -0.4 is 9.64 Å². The maximum absolute atomic E-state index is 12.9. The van der Waals surface area contributed by atoms with Crippen LogP contribution in [0.25, 0.3) is 0 Å². The lowest BCUT2D eigenvalue weighted by atomic mass is 9.78. The van der Waals surface area contributed by atoms with Gasteiger partial charge in [0.15, 0.2) is 5.78 Å². The van der Waals surface area contributed by atoms with Crippen molar-refractivity contribution >= 4 is 17.4 Å². The van der Waals surface area contributed by atoms with E-state index in [2.05, 4.69) is 0 Å². The summed E-state index contributed by atoms with van der Waals surface area (Å²) in [5.41, 5.74) is 1.45. The first kappa shape index (κ1) is 16.2. The monoisotopic (exact) mass is 323 g/mol. The molecule has 0 radical (unpaired) electrons. The SMILES string of the molecule is CCOc1ccc2c(c1)[C@@](C)(CC(=O)c1ccccc1)C(=O)N2C. The van der Waals surface area contributed by atoms with E-state index in [1.165, 1.54) is 0 Å². The lowest BCUT2D eigenvalue weighted by Crippen LogP contribution is -2.37. The maximum Gasteiger partial charge on any atom is 0.237 e. The van der Waals surface area contributed by atoms with Crippen molar-refractivity contribution in [3.05, 3.63) is 59.7 Å². The van der Waals surface area contributed by atoms with Gasteiger partial charge in [-0.25, -0.2) is 0 Å². The maximum atomic E-state index is 12.9. The van der Waals surface area contributed by atoms with Crippen molar-refractivity contribution in [3.8, 4) is 5.75 Å². The Bertz CT molecular complexity index is 785. The summed E-state index contributed by atoms with van der Waals surface area (Å²) in [5.74, 6) is 0.627. The number of hydrogen-bond donors (Lipinski definition) is 0. The van der Waals surface area contributed by atoms with Crippen molar-refractivity contribution in [2.24, 2.45) is 0 Å². The van der Waals surface area contributed by atoms with Gasteiger partial charge >= 0.3 is 0 Å². The van der Waals surface area contributed by atoms with Crippen LogP contribution in [0.1, 0.15) is 36.2 Å². The lowest BCUT2D eigenvalue weighted by Gasteiger charge is -2.22. The highest BCUT2D eigenvalue weighted by Gasteiger charge is 2.47. The van der Waals surface area contributed by atoms with Gasteiger partial charge in [0.1, 0.15) is 5.75 Å². The average Bonchev–Trinajstić information content (AvgIpc) is 2.78. The van der Waals surface area contributed by atoms with E-state index < -0.39 is 5.41 Å². The van der Waals surface area contributed by atoms with E-state index in [9.17, 15) is 9.59 Å². The van der Waals surface area contributed by atoms with Gasteiger partial charge in [0, 0.05) is 24.7 Å². The van der Waals surface area contributed by atoms with Gasteiger partial charge in [0.2, 0.25) is 5.91 Å². The summed E-state index contributed by atoms with van der Waals surface area (Å²) in [4.78, 5) is 27.2. The highest BCUT2D eigenvalue weighted by molar-refractivity contribution is 6.11. The molecule has 0 spiro atoms. The number of likely N-dealkylation sites (N-methyl/N-ethyl adjacent to an activating group) is 1. The third kappa shape index (κ3) is 2.58. The van der Waals surface area contributed by atoms with Crippen molar-refractivity contribution < 1.29 is 14.3 Å². The standard InChI is InChI=1S/C20H21NO3/c1-4-24-15-10-11-17-16(12-15)20(2,19(23)21(17)3)13-18(22)14-8-6-5-7-9-14/h5-12H,4,13H2,1-3H3/t20-/m1/s1. The van der Waals surface area contributed by atoms with Crippen molar-refractivity contribution in [3.63, 3.8) is 0 Å². The number of carbonyl (C=O) groups excluding carboxylic acids is 2. The highest BCUT2D eigenvalue weighted by atomic mass is 16.5. The molecule has 0 aromatic heterocycles. The molecule has 0 N–H and O–H groups in total. The molecule has 1 heterocycles. The first-order valence-electron chi connectivity index (χ1n) is 8.11. The van der Waals surface area contributed by atoms with Gasteiger partial charge in [0.05, 0.1) is 12.0 Å². The number of carbonyl (C=O) groups is 2. The second kappa shape index (κ2) is 6.11. The molecule has 1 atom stereocenters. The van der Waals surface area contributed by atoms with Gasteiger partial charge in [-0.15, -0.1) is 0 Å². The first-order chi connectivity index (χ1) is 11.5. The van der Waals surface area contributed by atoms with Gasteiger partial charge in [-0.2, -0.15) is 0 Å². The van der Waals surface area contributed by atoms with Crippen molar-refractivity contribution in [1.29, 1.82) is 0 Å². The third-order valence-electron chi connectivity index (χ3n) is 4.62. The van der Waals surface area contributed by atoms with E-state index in [0.717, 1.165) is 17.0 Å². The van der Waals surface area contributed by atoms with Crippen molar-refractivity contribution in [1.82, 2.24) is 0 Å². The van der Waals surface area contributed by atoms with Crippen molar-refractivity contribution in [2.45, 2.75) is 25.7 Å². The summed E-state index contributed by atoms with van der Waals surface area (Å²) in [7, 11) is 1.75. The summed E-state index contributed by atoms with van der Waals surface area (Å²) in [6, 6.07) is 14.7. The molecular weight excluding hydrogens is 302 g/mol. The van der Waals surface area contributed by atoms with Crippen LogP contribution in [0.2, 0.25) is 0 Å². The van der Waals surface area contributed by atoms with Gasteiger partial charge in [-0.1, -0.05) is 30.3 Å². The van der Waals surface area contributed by atoms with E-state index in [1.54, 1.807) is 24.1 Å². The third-order valence-corrected chi connectivity index (χ3v) is 4.62. The van der Waals surface area contributed by atoms with Crippen LogP contribution >= 0.6 is 0 Å². The lowest BCUT2D eigenvalue weighted by molar-refractivity contribution is -0.122. The predicted molar refractivity (Wildman–Crippen MR) is 93.8 cm³/mol. The molecular formula is C20H21NO3. The van der Waals surface area contributed by atoms with E-state index in [-0.39, 0.29) is 18.1 Å². The molecule has 3 rings (SSSR count). The van der Waals surface area contributed by atoms with E-state index >= 15 is 0 Å². The molecule has 4 heteroatoms. The summed E-state index contributed by atoms with van der Waals surface area (Å²) < 4.78 is 5.57. The topological polar surface area (TPSA) is 46.6 Å². The fourth-order valence-corrected chi connectivity index (χ4v) is 3.32. The zero-order chi connectivity index (χ0) is 17.3. The molecule has 0 saturated carbocycles. The number of Topliss-reactive ketones (excluding diaryl/α,β-unsaturated/α-hetero) is 1. The molecule has 0 fully saturated rings. The molecule has 0 unspecified atom stereocenters. The fourth-order valence-electron chi connectivity index (χ4n) is 3.32. The van der Waals surface area contributed by atoms with Crippen LogP contribution in [0.5, 0.6) is 5.75 Å². The molecule has 24 heavy (non-hydrogen) atoms. The Hall–Kier alpha value is -2.62. The van der Waals surface area contributed by atoms with Crippen LogP contribution in [0.3, 0.4) is 0 Å². The minimum Gasteiger partial charge on any atom is -0.494 e. The highest BCUT2D eigenvalue weighted by Crippen LogP contribution is 2.45. The molecule has 2 aromatic carbocycles. The summed E-state index contributed by atoms with van der Waals surface area (Å²) >= 11 is 0. The van der Waals surface area contributed by atoms with Crippen LogP contribution in [0.15, 0.2) is 48.5 Å². The summed E-state index contributed by atoms with van der Waals surface area (Å²) in [6.45, 7) is 4.32. The number of benzene rings is 2. The molecule has 1 aliphatic rings.